The summed E-state index contributed by atoms with van der Waals surface area (Å²) in [5.41, 5.74) is 6.48. The number of carbonyl (C=O) groups is 1. The fraction of sp³-hybridized carbons (Fsp3) is 0.462. The summed E-state index contributed by atoms with van der Waals surface area (Å²) in [6.07, 6.45) is 2.43. The van der Waals surface area contributed by atoms with E-state index in [-0.39, 0.29) is 17.2 Å². The van der Waals surface area contributed by atoms with E-state index in [1.165, 1.54) is 6.20 Å². The molecule has 1 aromatic heterocycles. The van der Waals surface area contributed by atoms with Crippen LogP contribution < -0.4 is 5.73 Å². The van der Waals surface area contributed by atoms with Gasteiger partial charge in [0.25, 0.3) is 5.91 Å². The SMILES string of the molecule is CC1(C)CCN(C(=O)c2ccc(C(N)=NO)cn2)C1. The highest BCUT2D eigenvalue weighted by molar-refractivity contribution is 5.98. The molecule has 1 fully saturated rings. The van der Waals surface area contributed by atoms with Crippen molar-refractivity contribution in [1.29, 1.82) is 0 Å². The van der Waals surface area contributed by atoms with E-state index in [0.29, 0.717) is 11.3 Å². The average molecular weight is 262 g/mol. The Balaban J connectivity index is 2.13. The van der Waals surface area contributed by atoms with Crippen LogP contribution >= 0.6 is 0 Å². The summed E-state index contributed by atoms with van der Waals surface area (Å²) in [6, 6.07) is 3.22. The van der Waals surface area contributed by atoms with Gasteiger partial charge in [-0.1, -0.05) is 19.0 Å². The Morgan fingerprint density at radius 2 is 2.26 bits per heavy atom. The monoisotopic (exact) mass is 262 g/mol. The number of hydrogen-bond donors (Lipinski definition) is 2. The maximum Gasteiger partial charge on any atom is 0.272 e. The second kappa shape index (κ2) is 4.87. The van der Waals surface area contributed by atoms with Crippen molar-refractivity contribution in [3.63, 3.8) is 0 Å². The van der Waals surface area contributed by atoms with Gasteiger partial charge in [0, 0.05) is 24.8 Å². The van der Waals surface area contributed by atoms with Crippen LogP contribution in [0, 0.1) is 5.41 Å². The van der Waals surface area contributed by atoms with Crippen molar-refractivity contribution in [3.8, 4) is 0 Å². The van der Waals surface area contributed by atoms with Crippen molar-refractivity contribution in [2.24, 2.45) is 16.3 Å². The minimum atomic E-state index is -0.0726. The molecule has 0 spiro atoms. The molecule has 1 aromatic rings. The van der Waals surface area contributed by atoms with Crippen LogP contribution in [0.4, 0.5) is 0 Å². The minimum Gasteiger partial charge on any atom is -0.409 e. The number of pyridine rings is 1. The number of nitrogens with two attached hydrogens (primary N) is 1. The van der Waals surface area contributed by atoms with Crippen LogP contribution in [-0.4, -0.2) is 39.9 Å². The van der Waals surface area contributed by atoms with E-state index in [4.69, 9.17) is 10.9 Å². The Hall–Kier alpha value is -2.11. The van der Waals surface area contributed by atoms with Crippen LogP contribution in [0.25, 0.3) is 0 Å². The number of carbonyl (C=O) groups excluding carboxylic acids is 1. The first-order valence-electron chi connectivity index (χ1n) is 6.16. The molecule has 0 bridgehead atoms. The molecule has 3 N–H and O–H groups in total. The van der Waals surface area contributed by atoms with Gasteiger partial charge in [-0.15, -0.1) is 0 Å². The number of oxime groups is 1. The van der Waals surface area contributed by atoms with E-state index >= 15 is 0 Å². The molecule has 1 aliphatic heterocycles. The van der Waals surface area contributed by atoms with Gasteiger partial charge in [-0.3, -0.25) is 9.78 Å². The molecule has 1 aliphatic rings. The van der Waals surface area contributed by atoms with E-state index < -0.39 is 0 Å². The second-order valence-electron chi connectivity index (χ2n) is 5.56. The Labute approximate surface area is 111 Å². The molecule has 6 heteroatoms. The molecular formula is C13H18N4O2. The number of likely N-dealkylation sites (tertiary alicyclic amines) is 1. The normalized spacial score (nSPS) is 18.6. The van der Waals surface area contributed by atoms with Gasteiger partial charge in [-0.25, -0.2) is 0 Å². The molecule has 6 nitrogen and oxygen atoms in total. The number of amidine groups is 1. The van der Waals surface area contributed by atoms with Gasteiger partial charge >= 0.3 is 0 Å². The van der Waals surface area contributed by atoms with E-state index in [1.54, 1.807) is 12.1 Å². The predicted molar refractivity (Wildman–Crippen MR) is 71.0 cm³/mol. The Morgan fingerprint density at radius 3 is 2.74 bits per heavy atom. The summed E-state index contributed by atoms with van der Waals surface area (Å²) in [7, 11) is 0. The third kappa shape index (κ3) is 2.83. The lowest BCUT2D eigenvalue weighted by molar-refractivity contribution is 0.0772. The highest BCUT2D eigenvalue weighted by Gasteiger charge is 2.32. The van der Waals surface area contributed by atoms with E-state index in [2.05, 4.69) is 24.0 Å². The molecule has 0 saturated carbocycles. The van der Waals surface area contributed by atoms with Crippen LogP contribution in [0.1, 0.15) is 36.3 Å². The zero-order valence-electron chi connectivity index (χ0n) is 11.1. The zero-order chi connectivity index (χ0) is 14.0. The number of hydrogen-bond acceptors (Lipinski definition) is 4. The van der Waals surface area contributed by atoms with Crippen LogP contribution in [0.5, 0.6) is 0 Å². The maximum absolute atomic E-state index is 12.2. The fourth-order valence-corrected chi connectivity index (χ4v) is 2.18. The largest absolute Gasteiger partial charge is 0.409 e. The second-order valence-corrected chi connectivity index (χ2v) is 5.56. The molecule has 0 atom stereocenters. The maximum atomic E-state index is 12.2. The van der Waals surface area contributed by atoms with E-state index in [1.807, 2.05) is 4.90 Å². The molecular weight excluding hydrogens is 244 g/mol. The highest BCUT2D eigenvalue weighted by atomic mass is 16.4. The topological polar surface area (TPSA) is 91.8 Å². The van der Waals surface area contributed by atoms with Gasteiger partial charge in [0.1, 0.15) is 5.69 Å². The van der Waals surface area contributed by atoms with Crippen molar-refractivity contribution < 1.29 is 10.0 Å². The first-order valence-corrected chi connectivity index (χ1v) is 6.16. The zero-order valence-corrected chi connectivity index (χ0v) is 11.1. The number of aromatic nitrogens is 1. The lowest BCUT2D eigenvalue weighted by atomic mass is 9.93. The molecule has 1 amide bonds. The number of nitrogens with zero attached hydrogens (tertiary/aromatic N) is 3. The summed E-state index contributed by atoms with van der Waals surface area (Å²) < 4.78 is 0. The Bertz CT molecular complexity index is 508. The summed E-state index contributed by atoms with van der Waals surface area (Å²) >= 11 is 0. The van der Waals surface area contributed by atoms with Gasteiger partial charge in [-0.2, -0.15) is 0 Å². The van der Waals surface area contributed by atoms with E-state index in [0.717, 1.165) is 19.5 Å². The van der Waals surface area contributed by atoms with Crippen molar-refractivity contribution in [3.05, 3.63) is 29.6 Å². The molecule has 0 aliphatic carbocycles. The molecule has 0 aromatic carbocycles. The van der Waals surface area contributed by atoms with Crippen molar-refractivity contribution in [2.45, 2.75) is 20.3 Å². The van der Waals surface area contributed by atoms with E-state index in [9.17, 15) is 4.79 Å². The summed E-state index contributed by atoms with van der Waals surface area (Å²) in [5.74, 6) is -0.0922. The summed E-state index contributed by atoms with van der Waals surface area (Å²) in [4.78, 5) is 18.1. The van der Waals surface area contributed by atoms with Crippen LogP contribution in [0.2, 0.25) is 0 Å². The standard InChI is InChI=1S/C13H18N4O2/c1-13(2)5-6-17(8-13)12(18)10-4-3-9(7-15-10)11(14)16-19/h3-4,7,19H,5-6,8H2,1-2H3,(H2,14,16). The Kier molecular flexibility index (Phi) is 3.42. The molecule has 0 radical (unpaired) electrons. The molecule has 102 valence electrons. The summed E-state index contributed by atoms with van der Waals surface area (Å²) in [5, 5.41) is 11.4. The average Bonchev–Trinajstić information content (AvgIpc) is 2.77. The van der Waals surface area contributed by atoms with Crippen LogP contribution in [0.3, 0.4) is 0 Å². The van der Waals surface area contributed by atoms with Gasteiger partial charge in [0.15, 0.2) is 5.84 Å². The minimum absolute atomic E-state index is 0.0196. The smallest absolute Gasteiger partial charge is 0.272 e. The molecule has 1 saturated heterocycles. The molecule has 0 unspecified atom stereocenters. The van der Waals surface area contributed by atoms with Gasteiger partial charge < -0.3 is 15.8 Å². The van der Waals surface area contributed by atoms with Gasteiger partial charge in [-0.05, 0) is 24.0 Å². The first kappa shape index (κ1) is 13.3. The number of amides is 1. The lowest BCUT2D eigenvalue weighted by Crippen LogP contribution is -2.31. The third-order valence-electron chi connectivity index (χ3n) is 3.35. The van der Waals surface area contributed by atoms with Crippen LogP contribution in [-0.2, 0) is 0 Å². The fourth-order valence-electron chi connectivity index (χ4n) is 2.18. The van der Waals surface area contributed by atoms with Crippen molar-refractivity contribution in [2.75, 3.05) is 13.1 Å². The predicted octanol–water partition coefficient (Wildman–Crippen LogP) is 1.05. The van der Waals surface area contributed by atoms with Crippen LogP contribution in [0.15, 0.2) is 23.5 Å². The van der Waals surface area contributed by atoms with Crippen molar-refractivity contribution >= 4 is 11.7 Å². The Morgan fingerprint density at radius 1 is 1.53 bits per heavy atom. The van der Waals surface area contributed by atoms with Gasteiger partial charge in [0.2, 0.25) is 0 Å². The quantitative estimate of drug-likeness (QED) is 0.360. The van der Waals surface area contributed by atoms with Gasteiger partial charge in [0.05, 0.1) is 0 Å². The third-order valence-corrected chi connectivity index (χ3v) is 3.35. The molecule has 19 heavy (non-hydrogen) atoms. The molecule has 2 rings (SSSR count). The highest BCUT2D eigenvalue weighted by Crippen LogP contribution is 2.29. The number of rotatable bonds is 2. The first-order chi connectivity index (χ1) is 8.93. The molecule has 2 heterocycles. The summed E-state index contributed by atoms with van der Waals surface area (Å²) in [6.45, 7) is 5.80. The van der Waals surface area contributed by atoms with Crippen molar-refractivity contribution in [1.82, 2.24) is 9.88 Å². The lowest BCUT2D eigenvalue weighted by Gasteiger charge is -2.19.